The first-order chi connectivity index (χ1) is 13.3. The lowest BCUT2D eigenvalue weighted by Gasteiger charge is -2.36. The van der Waals surface area contributed by atoms with Crippen LogP contribution in [0.15, 0.2) is 24.3 Å². The number of likely N-dealkylation sites (tertiary alicyclic amines) is 1. The van der Waals surface area contributed by atoms with Gasteiger partial charge in [0, 0.05) is 31.1 Å². The van der Waals surface area contributed by atoms with Crippen LogP contribution in [0.2, 0.25) is 0 Å². The Morgan fingerprint density at radius 1 is 1.14 bits per heavy atom. The van der Waals surface area contributed by atoms with Gasteiger partial charge in [0.15, 0.2) is 0 Å². The summed E-state index contributed by atoms with van der Waals surface area (Å²) in [4.78, 5) is 39.5. The Hall–Kier alpha value is -2.37. The smallest absolute Gasteiger partial charge is 0.251 e. The molecule has 0 spiro atoms. The van der Waals surface area contributed by atoms with Gasteiger partial charge in [-0.05, 0) is 51.2 Å². The van der Waals surface area contributed by atoms with E-state index in [4.69, 9.17) is 0 Å². The summed E-state index contributed by atoms with van der Waals surface area (Å²) in [6.45, 7) is 9.03. The molecule has 6 nitrogen and oxygen atoms in total. The van der Waals surface area contributed by atoms with Gasteiger partial charge in [0.1, 0.15) is 6.04 Å². The molecule has 2 atom stereocenters. The third-order valence-electron chi connectivity index (χ3n) is 5.52. The van der Waals surface area contributed by atoms with E-state index in [2.05, 4.69) is 10.6 Å². The Morgan fingerprint density at radius 3 is 2.39 bits per heavy atom. The van der Waals surface area contributed by atoms with Crippen LogP contribution in [0.1, 0.15) is 62.4 Å². The molecular weight excluding hydrogens is 354 g/mol. The zero-order valence-electron chi connectivity index (χ0n) is 17.5. The molecule has 1 aliphatic heterocycles. The minimum Gasteiger partial charge on any atom is -0.352 e. The molecule has 154 valence electrons. The highest BCUT2D eigenvalue weighted by molar-refractivity contribution is 5.97. The van der Waals surface area contributed by atoms with E-state index >= 15 is 0 Å². The number of carbonyl (C=O) groups is 3. The van der Waals surface area contributed by atoms with Gasteiger partial charge in [-0.3, -0.25) is 14.4 Å². The summed E-state index contributed by atoms with van der Waals surface area (Å²) in [5.74, 6) is -0.225. The maximum Gasteiger partial charge on any atom is 0.251 e. The second-order valence-corrected chi connectivity index (χ2v) is 7.71. The average molecular weight is 388 g/mol. The maximum atomic E-state index is 12.9. The fourth-order valence-corrected chi connectivity index (χ4v) is 3.55. The van der Waals surface area contributed by atoms with Gasteiger partial charge in [-0.15, -0.1) is 0 Å². The van der Waals surface area contributed by atoms with E-state index < -0.39 is 6.04 Å². The monoisotopic (exact) mass is 387 g/mol. The van der Waals surface area contributed by atoms with E-state index in [0.717, 1.165) is 12.0 Å². The molecule has 1 fully saturated rings. The second-order valence-electron chi connectivity index (χ2n) is 7.71. The van der Waals surface area contributed by atoms with Crippen LogP contribution in [-0.4, -0.2) is 47.8 Å². The van der Waals surface area contributed by atoms with Gasteiger partial charge in [0.05, 0.1) is 0 Å². The van der Waals surface area contributed by atoms with Crippen molar-refractivity contribution in [1.29, 1.82) is 0 Å². The SMILES string of the molecule is CCC(=O)N1CCC([C@@H](NC(=O)c2cccc(C)c2)C(=O)N[C@@H](C)CC)CC1. The first kappa shape index (κ1) is 21.9. The maximum absolute atomic E-state index is 12.9. The lowest BCUT2D eigenvalue weighted by atomic mass is 9.88. The normalized spacial score (nSPS) is 16.9. The third-order valence-corrected chi connectivity index (χ3v) is 5.52. The van der Waals surface area contributed by atoms with Crippen molar-refractivity contribution in [1.82, 2.24) is 15.5 Å². The highest BCUT2D eigenvalue weighted by Crippen LogP contribution is 2.22. The summed E-state index contributed by atoms with van der Waals surface area (Å²) >= 11 is 0. The predicted molar refractivity (Wildman–Crippen MR) is 110 cm³/mol. The molecule has 3 amide bonds. The van der Waals surface area contributed by atoms with Crippen molar-refractivity contribution < 1.29 is 14.4 Å². The lowest BCUT2D eigenvalue weighted by Crippen LogP contribution is -2.55. The number of aryl methyl sites for hydroxylation is 1. The van der Waals surface area contributed by atoms with Crippen molar-refractivity contribution in [2.75, 3.05) is 13.1 Å². The first-order valence-corrected chi connectivity index (χ1v) is 10.3. The van der Waals surface area contributed by atoms with Crippen LogP contribution in [0.5, 0.6) is 0 Å². The number of nitrogens with zero attached hydrogens (tertiary/aromatic N) is 1. The number of nitrogens with one attached hydrogen (secondary N) is 2. The molecule has 6 heteroatoms. The molecule has 1 saturated heterocycles. The van der Waals surface area contributed by atoms with Crippen molar-refractivity contribution >= 4 is 17.7 Å². The second kappa shape index (κ2) is 10.2. The van der Waals surface area contributed by atoms with Gasteiger partial charge >= 0.3 is 0 Å². The molecule has 0 aliphatic carbocycles. The third kappa shape index (κ3) is 5.81. The van der Waals surface area contributed by atoms with Gasteiger partial charge in [0.25, 0.3) is 5.91 Å². The largest absolute Gasteiger partial charge is 0.352 e. The van der Waals surface area contributed by atoms with Gasteiger partial charge in [-0.1, -0.05) is 31.5 Å². The van der Waals surface area contributed by atoms with Crippen LogP contribution in [0, 0.1) is 12.8 Å². The summed E-state index contributed by atoms with van der Waals surface area (Å²) in [5, 5.41) is 5.97. The molecule has 2 N–H and O–H groups in total. The van der Waals surface area contributed by atoms with Crippen LogP contribution in [0.4, 0.5) is 0 Å². The average Bonchev–Trinajstić information content (AvgIpc) is 2.71. The molecule has 0 radical (unpaired) electrons. The quantitative estimate of drug-likeness (QED) is 0.755. The van der Waals surface area contributed by atoms with Crippen LogP contribution in [-0.2, 0) is 9.59 Å². The molecule has 28 heavy (non-hydrogen) atoms. The Labute approximate surface area is 168 Å². The summed E-state index contributed by atoms with van der Waals surface area (Å²) in [5.41, 5.74) is 1.56. The van der Waals surface area contributed by atoms with Crippen molar-refractivity contribution in [3.8, 4) is 0 Å². The number of carbonyl (C=O) groups excluding carboxylic acids is 3. The topological polar surface area (TPSA) is 78.5 Å². The van der Waals surface area contributed by atoms with E-state index in [1.54, 1.807) is 6.07 Å². The molecule has 1 aliphatic rings. The lowest BCUT2D eigenvalue weighted by molar-refractivity contribution is -0.132. The molecule has 1 aromatic rings. The van der Waals surface area contributed by atoms with Gasteiger partial charge in [-0.25, -0.2) is 0 Å². The van der Waals surface area contributed by atoms with Gasteiger partial charge in [0.2, 0.25) is 11.8 Å². The van der Waals surface area contributed by atoms with E-state index in [-0.39, 0.29) is 29.7 Å². The van der Waals surface area contributed by atoms with Crippen LogP contribution < -0.4 is 10.6 Å². The molecule has 0 bridgehead atoms. The Bertz CT molecular complexity index is 696. The van der Waals surface area contributed by atoms with Crippen LogP contribution >= 0.6 is 0 Å². The molecule has 1 heterocycles. The standard InChI is InChI=1S/C22H33N3O3/c1-5-16(4)23-22(28)20(17-10-12-25(13-11-17)19(26)6-2)24-21(27)18-9-7-8-15(3)14-18/h7-9,14,16-17,20H,5-6,10-13H2,1-4H3,(H,23,28)(H,24,27)/t16-,20+/m0/s1. The van der Waals surface area contributed by atoms with E-state index in [9.17, 15) is 14.4 Å². The van der Waals surface area contributed by atoms with Crippen LogP contribution in [0.25, 0.3) is 0 Å². The molecule has 0 aromatic heterocycles. The van der Waals surface area contributed by atoms with Crippen molar-refractivity contribution in [3.63, 3.8) is 0 Å². The van der Waals surface area contributed by atoms with E-state index in [1.807, 2.05) is 50.8 Å². The predicted octanol–water partition coefficient (Wildman–Crippen LogP) is 2.66. The number of hydrogen-bond donors (Lipinski definition) is 2. The van der Waals surface area contributed by atoms with Crippen molar-refractivity contribution in [2.45, 2.75) is 65.5 Å². The zero-order valence-corrected chi connectivity index (χ0v) is 17.5. The summed E-state index contributed by atoms with van der Waals surface area (Å²) in [6, 6.07) is 6.81. The van der Waals surface area contributed by atoms with Crippen LogP contribution in [0.3, 0.4) is 0 Å². The summed E-state index contributed by atoms with van der Waals surface area (Å²) < 4.78 is 0. The Kier molecular flexibility index (Phi) is 8.03. The molecule has 0 saturated carbocycles. The summed E-state index contributed by atoms with van der Waals surface area (Å²) in [7, 11) is 0. The molecule has 1 aromatic carbocycles. The van der Waals surface area contributed by atoms with Gasteiger partial charge < -0.3 is 15.5 Å². The molecule has 0 unspecified atom stereocenters. The number of benzene rings is 1. The molecule has 2 rings (SSSR count). The van der Waals surface area contributed by atoms with Crippen molar-refractivity contribution in [2.24, 2.45) is 5.92 Å². The zero-order chi connectivity index (χ0) is 20.7. The number of hydrogen-bond acceptors (Lipinski definition) is 3. The minimum atomic E-state index is -0.596. The highest BCUT2D eigenvalue weighted by Gasteiger charge is 2.34. The first-order valence-electron chi connectivity index (χ1n) is 10.3. The minimum absolute atomic E-state index is 0.0127. The van der Waals surface area contributed by atoms with Crippen molar-refractivity contribution in [3.05, 3.63) is 35.4 Å². The van der Waals surface area contributed by atoms with E-state index in [1.165, 1.54) is 0 Å². The highest BCUT2D eigenvalue weighted by atomic mass is 16.2. The number of rotatable bonds is 7. The number of piperidine rings is 1. The van der Waals surface area contributed by atoms with Gasteiger partial charge in [-0.2, -0.15) is 0 Å². The Balaban J connectivity index is 2.12. The Morgan fingerprint density at radius 2 is 1.82 bits per heavy atom. The summed E-state index contributed by atoms with van der Waals surface area (Å²) in [6.07, 6.45) is 2.73. The fourth-order valence-electron chi connectivity index (χ4n) is 3.55. The fraction of sp³-hybridized carbons (Fsp3) is 0.591. The molecular formula is C22H33N3O3. The van der Waals surface area contributed by atoms with E-state index in [0.29, 0.717) is 37.9 Å². The number of amides is 3.